The normalized spacial score (nSPS) is 18.1. The van der Waals surface area contributed by atoms with E-state index in [4.69, 9.17) is 34.8 Å². The van der Waals surface area contributed by atoms with E-state index in [1.807, 2.05) is 42.5 Å². The lowest BCUT2D eigenvalue weighted by atomic mass is 9.84. The maximum Gasteiger partial charge on any atom is 0.0920 e. The lowest BCUT2D eigenvalue weighted by molar-refractivity contribution is -0.0277. The summed E-state index contributed by atoms with van der Waals surface area (Å²) in [6, 6.07) is 13.2. The Morgan fingerprint density at radius 2 is 1.57 bits per heavy atom. The molecule has 5 heteroatoms. The van der Waals surface area contributed by atoms with Crippen LogP contribution in [0.4, 0.5) is 0 Å². The highest BCUT2D eigenvalue weighted by atomic mass is 35.5. The topological polar surface area (TPSA) is 23.5 Å². The van der Waals surface area contributed by atoms with E-state index in [-0.39, 0.29) is 0 Å². The molecule has 0 unspecified atom stereocenters. The molecule has 0 bridgehead atoms. The van der Waals surface area contributed by atoms with Gasteiger partial charge >= 0.3 is 0 Å². The van der Waals surface area contributed by atoms with E-state index in [1.165, 1.54) is 0 Å². The van der Waals surface area contributed by atoms with Crippen molar-refractivity contribution >= 4 is 34.8 Å². The first-order valence-corrected chi connectivity index (χ1v) is 8.74. The Bertz CT molecular complexity index is 679. The van der Waals surface area contributed by atoms with Crippen LogP contribution in [-0.2, 0) is 12.1 Å². The minimum Gasteiger partial charge on any atom is -0.385 e. The van der Waals surface area contributed by atoms with Gasteiger partial charge in [-0.3, -0.25) is 4.90 Å². The fraction of sp³-hybridized carbons (Fsp3) is 0.333. The predicted octanol–water partition coefficient (Wildman–Crippen LogP) is 5.13. The SMILES string of the molecule is OC1(c2ccc(Cl)cc2)CCN(Cc2ccc(Cl)c(Cl)c2)CC1. The summed E-state index contributed by atoms with van der Waals surface area (Å²) >= 11 is 17.9. The summed E-state index contributed by atoms with van der Waals surface area (Å²) in [4.78, 5) is 2.32. The molecular weight excluding hydrogens is 353 g/mol. The van der Waals surface area contributed by atoms with Gasteiger partial charge in [-0.2, -0.15) is 0 Å². The summed E-state index contributed by atoms with van der Waals surface area (Å²) in [5, 5.41) is 12.7. The molecule has 0 spiro atoms. The van der Waals surface area contributed by atoms with E-state index in [1.54, 1.807) is 0 Å². The summed E-state index contributed by atoms with van der Waals surface area (Å²) in [6.45, 7) is 2.48. The Labute approximate surface area is 151 Å². The number of halogens is 3. The molecule has 0 atom stereocenters. The lowest BCUT2D eigenvalue weighted by Crippen LogP contribution is -2.42. The zero-order valence-electron chi connectivity index (χ0n) is 12.6. The zero-order valence-corrected chi connectivity index (χ0v) is 14.9. The molecule has 2 aromatic carbocycles. The van der Waals surface area contributed by atoms with Crippen LogP contribution in [0.2, 0.25) is 15.1 Å². The molecule has 122 valence electrons. The molecule has 23 heavy (non-hydrogen) atoms. The van der Waals surface area contributed by atoms with Crippen molar-refractivity contribution in [2.24, 2.45) is 0 Å². The van der Waals surface area contributed by atoms with Crippen LogP contribution in [0.5, 0.6) is 0 Å². The average Bonchev–Trinajstić information content (AvgIpc) is 2.54. The van der Waals surface area contributed by atoms with Gasteiger partial charge in [-0.05, 0) is 48.2 Å². The minimum atomic E-state index is -0.765. The van der Waals surface area contributed by atoms with Gasteiger partial charge in [0.1, 0.15) is 0 Å². The number of nitrogens with zero attached hydrogens (tertiary/aromatic N) is 1. The van der Waals surface area contributed by atoms with Crippen LogP contribution in [0.15, 0.2) is 42.5 Å². The van der Waals surface area contributed by atoms with E-state index < -0.39 is 5.60 Å². The third kappa shape index (κ3) is 4.01. The molecule has 1 saturated heterocycles. The Morgan fingerprint density at radius 1 is 0.913 bits per heavy atom. The molecule has 1 heterocycles. The summed E-state index contributed by atoms with van der Waals surface area (Å²) in [6.07, 6.45) is 1.41. The van der Waals surface area contributed by atoms with E-state index >= 15 is 0 Å². The second-order valence-electron chi connectivity index (χ2n) is 6.06. The quantitative estimate of drug-likeness (QED) is 0.809. The van der Waals surface area contributed by atoms with Crippen LogP contribution in [0.25, 0.3) is 0 Å². The van der Waals surface area contributed by atoms with Gasteiger partial charge < -0.3 is 5.11 Å². The Kier molecular flexibility index (Phi) is 5.19. The summed E-state index contributed by atoms with van der Waals surface area (Å²) < 4.78 is 0. The van der Waals surface area contributed by atoms with Crippen LogP contribution in [0, 0.1) is 0 Å². The average molecular weight is 371 g/mol. The van der Waals surface area contributed by atoms with E-state index in [9.17, 15) is 5.11 Å². The maximum atomic E-state index is 10.9. The zero-order chi connectivity index (χ0) is 16.4. The standard InChI is InChI=1S/C18H18Cl3NO/c19-15-4-2-14(3-5-15)18(23)7-9-22(10-8-18)12-13-1-6-16(20)17(21)11-13/h1-6,11,23H,7-10,12H2. The van der Waals surface area contributed by atoms with Crippen molar-refractivity contribution in [2.75, 3.05) is 13.1 Å². The smallest absolute Gasteiger partial charge is 0.0920 e. The fourth-order valence-electron chi connectivity index (χ4n) is 3.03. The third-order valence-electron chi connectivity index (χ3n) is 4.45. The minimum absolute atomic E-state index is 0.575. The second kappa shape index (κ2) is 7.00. The van der Waals surface area contributed by atoms with Gasteiger partial charge in [0.2, 0.25) is 0 Å². The number of hydrogen-bond donors (Lipinski definition) is 1. The predicted molar refractivity (Wildman–Crippen MR) is 96.3 cm³/mol. The van der Waals surface area contributed by atoms with E-state index in [0.717, 1.165) is 30.8 Å². The van der Waals surface area contributed by atoms with Gasteiger partial charge in [-0.25, -0.2) is 0 Å². The number of rotatable bonds is 3. The molecule has 1 aliphatic rings. The highest BCUT2D eigenvalue weighted by molar-refractivity contribution is 6.42. The van der Waals surface area contributed by atoms with Gasteiger partial charge in [0.05, 0.1) is 15.6 Å². The van der Waals surface area contributed by atoms with Crippen molar-refractivity contribution in [3.63, 3.8) is 0 Å². The molecular formula is C18H18Cl3NO. The molecule has 2 nitrogen and oxygen atoms in total. The van der Waals surface area contributed by atoms with Crippen molar-refractivity contribution < 1.29 is 5.11 Å². The van der Waals surface area contributed by atoms with E-state index in [2.05, 4.69) is 4.90 Å². The summed E-state index contributed by atoms with van der Waals surface area (Å²) in [5.74, 6) is 0. The van der Waals surface area contributed by atoms with Gasteiger partial charge in [-0.1, -0.05) is 53.0 Å². The fourth-order valence-corrected chi connectivity index (χ4v) is 3.47. The van der Waals surface area contributed by atoms with Crippen molar-refractivity contribution in [3.8, 4) is 0 Å². The first kappa shape index (κ1) is 17.1. The van der Waals surface area contributed by atoms with Gasteiger partial charge in [-0.15, -0.1) is 0 Å². The number of piperidine rings is 1. The molecule has 0 aromatic heterocycles. The monoisotopic (exact) mass is 369 g/mol. The molecule has 0 saturated carbocycles. The lowest BCUT2D eigenvalue weighted by Gasteiger charge is -2.38. The van der Waals surface area contributed by atoms with Crippen molar-refractivity contribution in [1.82, 2.24) is 4.90 Å². The van der Waals surface area contributed by atoms with Gasteiger partial charge in [0.25, 0.3) is 0 Å². The highest BCUT2D eigenvalue weighted by Crippen LogP contribution is 2.34. The van der Waals surface area contributed by atoms with Crippen molar-refractivity contribution in [1.29, 1.82) is 0 Å². The summed E-state index contributed by atoms with van der Waals surface area (Å²) in [7, 11) is 0. The molecule has 0 amide bonds. The Balaban J connectivity index is 1.63. The first-order valence-electron chi connectivity index (χ1n) is 7.61. The largest absolute Gasteiger partial charge is 0.385 e. The van der Waals surface area contributed by atoms with Crippen molar-refractivity contribution in [2.45, 2.75) is 25.0 Å². The van der Waals surface area contributed by atoms with Crippen LogP contribution < -0.4 is 0 Å². The van der Waals surface area contributed by atoms with Gasteiger partial charge in [0, 0.05) is 24.7 Å². The number of aliphatic hydroxyl groups is 1. The van der Waals surface area contributed by atoms with Crippen molar-refractivity contribution in [3.05, 3.63) is 68.7 Å². The van der Waals surface area contributed by atoms with Crippen LogP contribution in [-0.4, -0.2) is 23.1 Å². The highest BCUT2D eigenvalue weighted by Gasteiger charge is 2.33. The van der Waals surface area contributed by atoms with Crippen LogP contribution >= 0.6 is 34.8 Å². The third-order valence-corrected chi connectivity index (χ3v) is 5.45. The maximum absolute atomic E-state index is 10.9. The first-order chi connectivity index (χ1) is 11.0. The summed E-state index contributed by atoms with van der Waals surface area (Å²) in [5.41, 5.74) is 1.31. The Hall–Kier alpha value is -0.770. The molecule has 1 fully saturated rings. The second-order valence-corrected chi connectivity index (χ2v) is 7.31. The molecule has 1 N–H and O–H groups in total. The molecule has 1 aliphatic heterocycles. The number of likely N-dealkylation sites (tertiary alicyclic amines) is 1. The van der Waals surface area contributed by atoms with Crippen LogP contribution in [0.3, 0.4) is 0 Å². The molecule has 2 aromatic rings. The molecule has 3 rings (SSSR count). The van der Waals surface area contributed by atoms with Gasteiger partial charge in [0.15, 0.2) is 0 Å². The number of benzene rings is 2. The van der Waals surface area contributed by atoms with Crippen LogP contribution in [0.1, 0.15) is 24.0 Å². The number of hydrogen-bond acceptors (Lipinski definition) is 2. The molecule has 0 radical (unpaired) electrons. The Morgan fingerprint density at radius 3 is 2.17 bits per heavy atom. The molecule has 0 aliphatic carbocycles. The van der Waals surface area contributed by atoms with E-state index in [0.29, 0.717) is 27.9 Å².